The zero-order valence-electron chi connectivity index (χ0n) is 16.1. The van der Waals surface area contributed by atoms with Crippen LogP contribution in [-0.2, 0) is 13.6 Å². The smallest absolute Gasteiger partial charge is 0.268 e. The lowest BCUT2D eigenvalue weighted by atomic mass is 10.1. The van der Waals surface area contributed by atoms with Crippen molar-refractivity contribution in [1.29, 1.82) is 0 Å². The van der Waals surface area contributed by atoms with Crippen LogP contribution < -0.4 is 5.56 Å². The van der Waals surface area contributed by atoms with Crippen molar-refractivity contribution in [2.45, 2.75) is 25.4 Å². The van der Waals surface area contributed by atoms with Crippen molar-refractivity contribution in [3.8, 4) is 10.4 Å². The number of aromatic nitrogens is 3. The summed E-state index contributed by atoms with van der Waals surface area (Å²) in [4.78, 5) is 23.9. The maximum Gasteiger partial charge on any atom is 0.268 e. The molecule has 0 unspecified atom stereocenters. The minimum absolute atomic E-state index is 0.0650. The first kappa shape index (κ1) is 18.6. The quantitative estimate of drug-likeness (QED) is 0.502. The van der Waals surface area contributed by atoms with Crippen molar-refractivity contribution >= 4 is 33.2 Å². The van der Waals surface area contributed by atoms with Gasteiger partial charge in [-0.1, -0.05) is 23.7 Å². The average Bonchev–Trinajstić information content (AvgIpc) is 3.42. The largest absolute Gasteiger partial charge is 0.353 e. The molecule has 3 aromatic heterocycles. The molecule has 4 heterocycles. The second-order valence-corrected chi connectivity index (χ2v) is 9.01. The van der Waals surface area contributed by atoms with Gasteiger partial charge in [-0.15, -0.1) is 11.3 Å². The third kappa shape index (κ3) is 3.52. The monoisotopic (exact) mass is 424 g/mol. The number of rotatable bonds is 4. The van der Waals surface area contributed by atoms with Crippen LogP contribution in [0.4, 0.5) is 0 Å². The number of thiophene rings is 1. The minimum Gasteiger partial charge on any atom is -0.353 e. The van der Waals surface area contributed by atoms with Gasteiger partial charge in [-0.25, -0.2) is 4.98 Å². The van der Waals surface area contributed by atoms with E-state index in [2.05, 4.69) is 39.8 Å². The molecule has 1 N–H and O–H groups in total. The van der Waals surface area contributed by atoms with Crippen LogP contribution in [0, 0.1) is 0 Å². The van der Waals surface area contributed by atoms with E-state index in [4.69, 9.17) is 16.6 Å². The lowest BCUT2D eigenvalue weighted by Crippen LogP contribution is -2.26. The van der Waals surface area contributed by atoms with E-state index in [9.17, 15) is 4.79 Å². The van der Waals surface area contributed by atoms with Crippen molar-refractivity contribution in [1.82, 2.24) is 19.4 Å². The topological polar surface area (TPSA) is 53.9 Å². The number of aromatic amines is 1. The molecule has 0 spiro atoms. The molecule has 1 fully saturated rings. The predicted octanol–water partition coefficient (Wildman–Crippen LogP) is 4.98. The van der Waals surface area contributed by atoms with Gasteiger partial charge in [0.05, 0.1) is 18.1 Å². The van der Waals surface area contributed by atoms with Crippen LogP contribution in [0.3, 0.4) is 0 Å². The fourth-order valence-electron chi connectivity index (χ4n) is 4.18. The van der Waals surface area contributed by atoms with Crippen LogP contribution in [0.25, 0.3) is 20.7 Å². The highest BCUT2D eigenvalue weighted by Crippen LogP contribution is 2.34. The molecule has 4 aromatic rings. The molecule has 0 radical (unpaired) electrons. The summed E-state index contributed by atoms with van der Waals surface area (Å²) in [5.74, 6) is 0.726. The van der Waals surface area contributed by atoms with Crippen LogP contribution in [0.1, 0.15) is 30.4 Å². The zero-order chi connectivity index (χ0) is 20.0. The van der Waals surface area contributed by atoms with E-state index in [1.807, 2.05) is 30.3 Å². The summed E-state index contributed by atoms with van der Waals surface area (Å²) in [6, 6.07) is 14.3. The molecule has 1 aliphatic heterocycles. The van der Waals surface area contributed by atoms with Crippen LogP contribution in [0.2, 0.25) is 5.02 Å². The molecule has 1 aromatic carbocycles. The first-order chi connectivity index (χ1) is 14.1. The van der Waals surface area contributed by atoms with Gasteiger partial charge in [0.1, 0.15) is 10.5 Å². The number of hydrogen-bond acceptors (Lipinski definition) is 4. The third-order valence-corrected chi connectivity index (χ3v) is 7.03. The molecule has 7 heteroatoms. The highest BCUT2D eigenvalue weighted by molar-refractivity contribution is 7.22. The van der Waals surface area contributed by atoms with E-state index < -0.39 is 0 Å². The highest BCUT2D eigenvalue weighted by atomic mass is 35.5. The number of hydrogen-bond donors (Lipinski definition) is 1. The molecule has 0 bridgehead atoms. The normalized spacial score (nSPS) is 17.4. The van der Waals surface area contributed by atoms with Crippen LogP contribution in [0.5, 0.6) is 0 Å². The molecule has 5 rings (SSSR count). The van der Waals surface area contributed by atoms with Crippen molar-refractivity contribution in [3.63, 3.8) is 0 Å². The molecular formula is C22H21ClN4OS. The molecule has 1 aliphatic rings. The molecule has 0 saturated carbocycles. The van der Waals surface area contributed by atoms with E-state index in [1.165, 1.54) is 17.0 Å². The predicted molar refractivity (Wildman–Crippen MR) is 118 cm³/mol. The fraction of sp³-hybridized carbons (Fsp3) is 0.273. The highest BCUT2D eigenvalue weighted by Gasteiger charge is 2.28. The number of benzene rings is 1. The molecule has 148 valence electrons. The molecule has 0 aliphatic carbocycles. The number of aryl methyl sites for hydroxylation is 1. The van der Waals surface area contributed by atoms with E-state index >= 15 is 0 Å². The minimum atomic E-state index is -0.0650. The first-order valence-electron chi connectivity index (χ1n) is 9.72. The van der Waals surface area contributed by atoms with E-state index in [0.29, 0.717) is 22.3 Å². The summed E-state index contributed by atoms with van der Waals surface area (Å²) in [6.07, 6.45) is 4.37. The van der Waals surface area contributed by atoms with Gasteiger partial charge in [0.2, 0.25) is 0 Å². The summed E-state index contributed by atoms with van der Waals surface area (Å²) >= 11 is 7.46. The van der Waals surface area contributed by atoms with Crippen molar-refractivity contribution < 1.29 is 0 Å². The Morgan fingerprint density at radius 3 is 2.86 bits per heavy atom. The van der Waals surface area contributed by atoms with Gasteiger partial charge in [0.15, 0.2) is 0 Å². The van der Waals surface area contributed by atoms with E-state index in [-0.39, 0.29) is 5.56 Å². The number of halogens is 1. The van der Waals surface area contributed by atoms with Gasteiger partial charge in [-0.2, -0.15) is 0 Å². The molecule has 1 saturated heterocycles. The van der Waals surface area contributed by atoms with Crippen LogP contribution >= 0.6 is 22.9 Å². The van der Waals surface area contributed by atoms with Crippen LogP contribution in [0.15, 0.2) is 53.5 Å². The Bertz CT molecular complexity index is 1220. The van der Waals surface area contributed by atoms with Gasteiger partial charge in [0, 0.05) is 28.8 Å². The standard InChI is InChI=1S/C22H21ClN4OS/c1-26-10-2-4-17(26)18-5-3-11-27(18)13-20-24-16-12-19(29-21(16)22(28)25-20)14-6-8-15(23)9-7-14/h2,4,6-10,12,18H,3,5,11,13H2,1H3,(H,24,25,28)/t18-/m0/s1. The van der Waals surface area contributed by atoms with Gasteiger partial charge in [-0.3, -0.25) is 9.69 Å². The number of H-pyrrole nitrogens is 1. The first-order valence-corrected chi connectivity index (χ1v) is 10.9. The Labute approximate surface area is 177 Å². The van der Waals surface area contributed by atoms with Gasteiger partial charge < -0.3 is 9.55 Å². The lowest BCUT2D eigenvalue weighted by Gasteiger charge is -2.24. The molecular weight excluding hydrogens is 404 g/mol. The SMILES string of the molecule is Cn1cccc1[C@@H]1CCCN1Cc1nc2cc(-c3ccc(Cl)cc3)sc2c(=O)[nH]1. The van der Waals surface area contributed by atoms with Gasteiger partial charge in [-0.05, 0) is 55.3 Å². The van der Waals surface area contributed by atoms with Gasteiger partial charge >= 0.3 is 0 Å². The summed E-state index contributed by atoms with van der Waals surface area (Å²) in [6.45, 7) is 1.66. The second kappa shape index (κ2) is 7.44. The van der Waals surface area contributed by atoms with E-state index in [0.717, 1.165) is 41.2 Å². The maximum atomic E-state index is 12.7. The molecule has 0 amide bonds. The Kier molecular flexibility index (Phi) is 4.78. The van der Waals surface area contributed by atoms with Crippen molar-refractivity contribution in [2.75, 3.05) is 6.54 Å². The Morgan fingerprint density at radius 2 is 2.10 bits per heavy atom. The van der Waals surface area contributed by atoms with E-state index in [1.54, 1.807) is 0 Å². The van der Waals surface area contributed by atoms with Crippen LogP contribution in [-0.4, -0.2) is 26.0 Å². The average molecular weight is 425 g/mol. The van der Waals surface area contributed by atoms with Crippen molar-refractivity contribution in [3.05, 3.63) is 75.6 Å². The summed E-state index contributed by atoms with van der Waals surface area (Å²) < 4.78 is 2.85. The Hall–Kier alpha value is -2.41. The lowest BCUT2D eigenvalue weighted by molar-refractivity contribution is 0.235. The molecule has 5 nitrogen and oxygen atoms in total. The zero-order valence-corrected chi connectivity index (χ0v) is 17.6. The number of nitrogens with one attached hydrogen (secondary N) is 1. The summed E-state index contributed by atoms with van der Waals surface area (Å²) in [5.41, 5.74) is 3.05. The summed E-state index contributed by atoms with van der Waals surface area (Å²) in [5, 5.41) is 0.700. The maximum absolute atomic E-state index is 12.7. The molecule has 1 atom stereocenters. The van der Waals surface area contributed by atoms with Crippen molar-refractivity contribution in [2.24, 2.45) is 7.05 Å². The Balaban J connectivity index is 1.46. The second-order valence-electron chi connectivity index (χ2n) is 7.52. The fourth-order valence-corrected chi connectivity index (χ4v) is 5.31. The Morgan fingerprint density at radius 1 is 1.28 bits per heavy atom. The van der Waals surface area contributed by atoms with Gasteiger partial charge in [0.25, 0.3) is 5.56 Å². The molecule has 29 heavy (non-hydrogen) atoms. The number of nitrogens with zero attached hydrogens (tertiary/aromatic N) is 3. The summed E-state index contributed by atoms with van der Waals surface area (Å²) in [7, 11) is 2.08. The number of likely N-dealkylation sites (tertiary alicyclic amines) is 1. The number of fused-ring (bicyclic) bond motifs is 1. The third-order valence-electron chi connectivity index (χ3n) is 5.60.